The van der Waals surface area contributed by atoms with Crippen molar-refractivity contribution >= 4 is 6.03 Å². The molecule has 0 radical (unpaired) electrons. The van der Waals surface area contributed by atoms with E-state index in [0.29, 0.717) is 11.5 Å². The van der Waals surface area contributed by atoms with E-state index in [1.165, 1.54) is 32.7 Å². The summed E-state index contributed by atoms with van der Waals surface area (Å²) >= 11 is 0. The smallest absolute Gasteiger partial charge is 0.317 e. The number of allylic oxidation sites excluding steroid dienone is 1. The molecule has 2 heterocycles. The summed E-state index contributed by atoms with van der Waals surface area (Å²) < 4.78 is 0. The van der Waals surface area contributed by atoms with Gasteiger partial charge in [0.15, 0.2) is 0 Å². The number of piperidine rings is 1. The van der Waals surface area contributed by atoms with E-state index < -0.39 is 0 Å². The van der Waals surface area contributed by atoms with Crippen LogP contribution in [0.1, 0.15) is 39.0 Å². The van der Waals surface area contributed by atoms with Gasteiger partial charge in [0.2, 0.25) is 0 Å². The van der Waals surface area contributed by atoms with E-state index in [-0.39, 0.29) is 6.03 Å². The van der Waals surface area contributed by atoms with Gasteiger partial charge >= 0.3 is 6.03 Å². The molecule has 0 aromatic carbocycles. The van der Waals surface area contributed by atoms with Gasteiger partial charge in [0.1, 0.15) is 0 Å². The number of hydrogen-bond acceptors (Lipinski definition) is 3. The molecule has 2 fully saturated rings. The number of piperazine rings is 1. The van der Waals surface area contributed by atoms with Crippen LogP contribution in [0.4, 0.5) is 4.79 Å². The van der Waals surface area contributed by atoms with Crippen LogP contribution in [0, 0.1) is 5.41 Å². The number of likely N-dealkylation sites (tertiary alicyclic amines) is 1. The number of urea groups is 1. The fourth-order valence-corrected chi connectivity index (χ4v) is 4.14. The molecule has 24 heavy (non-hydrogen) atoms. The van der Waals surface area contributed by atoms with Crippen LogP contribution in [-0.2, 0) is 0 Å². The minimum Gasteiger partial charge on any atom is -0.335 e. The van der Waals surface area contributed by atoms with Crippen LogP contribution >= 0.6 is 0 Å². The summed E-state index contributed by atoms with van der Waals surface area (Å²) in [7, 11) is 2.21. The van der Waals surface area contributed by atoms with Crippen LogP contribution in [0.3, 0.4) is 0 Å². The van der Waals surface area contributed by atoms with Gasteiger partial charge < -0.3 is 20.0 Å². The van der Waals surface area contributed by atoms with Gasteiger partial charge in [-0.05, 0) is 44.6 Å². The van der Waals surface area contributed by atoms with Gasteiger partial charge in [0.05, 0.1) is 0 Å². The molecule has 0 bridgehead atoms. The van der Waals surface area contributed by atoms with E-state index in [1.54, 1.807) is 0 Å². The maximum Gasteiger partial charge on any atom is 0.317 e. The summed E-state index contributed by atoms with van der Waals surface area (Å²) in [5, 5.41) is 3.22. The van der Waals surface area contributed by atoms with E-state index in [2.05, 4.69) is 41.2 Å². The summed E-state index contributed by atoms with van der Waals surface area (Å²) in [5.74, 6) is 0. The number of likely N-dealkylation sites (N-methyl/N-ethyl adjacent to an activating group) is 1. The maximum absolute atomic E-state index is 12.5. The van der Waals surface area contributed by atoms with Gasteiger partial charge in [-0.1, -0.05) is 19.1 Å². The first-order valence-electron chi connectivity index (χ1n) is 9.65. The molecule has 0 saturated carbocycles. The van der Waals surface area contributed by atoms with Crippen molar-refractivity contribution in [1.82, 2.24) is 20.0 Å². The lowest BCUT2D eigenvalue weighted by atomic mass is 9.79. The first-order valence-corrected chi connectivity index (χ1v) is 9.65. The Morgan fingerprint density at radius 1 is 1.12 bits per heavy atom. The van der Waals surface area contributed by atoms with Crippen molar-refractivity contribution in [2.45, 2.75) is 45.1 Å². The zero-order chi connectivity index (χ0) is 17.0. The van der Waals surface area contributed by atoms with Crippen LogP contribution in [0.25, 0.3) is 0 Å². The molecule has 5 nitrogen and oxygen atoms in total. The van der Waals surface area contributed by atoms with Gasteiger partial charge in [-0.2, -0.15) is 0 Å². The van der Waals surface area contributed by atoms with Gasteiger partial charge in [-0.3, -0.25) is 0 Å². The fraction of sp³-hybridized carbons (Fsp3) is 0.842. The second kappa shape index (κ2) is 7.87. The molecule has 3 rings (SSSR count). The van der Waals surface area contributed by atoms with Crippen LogP contribution < -0.4 is 5.32 Å². The maximum atomic E-state index is 12.5. The molecule has 2 aliphatic heterocycles. The van der Waals surface area contributed by atoms with Crippen molar-refractivity contribution in [2.75, 3.05) is 52.9 Å². The van der Waals surface area contributed by atoms with E-state index >= 15 is 0 Å². The van der Waals surface area contributed by atoms with Crippen molar-refractivity contribution in [2.24, 2.45) is 5.41 Å². The van der Waals surface area contributed by atoms with E-state index in [9.17, 15) is 4.79 Å². The first-order chi connectivity index (χ1) is 11.5. The van der Waals surface area contributed by atoms with Gasteiger partial charge in [-0.25, -0.2) is 4.79 Å². The Labute approximate surface area is 147 Å². The van der Waals surface area contributed by atoms with Gasteiger partial charge in [0.25, 0.3) is 0 Å². The normalized spacial score (nSPS) is 28.8. The number of rotatable bonds is 3. The highest BCUT2D eigenvalue weighted by molar-refractivity contribution is 5.74. The Balaban J connectivity index is 1.42. The molecule has 2 saturated heterocycles. The minimum absolute atomic E-state index is 0.150. The molecule has 2 amide bonds. The van der Waals surface area contributed by atoms with Crippen molar-refractivity contribution in [3.63, 3.8) is 0 Å². The average Bonchev–Trinajstić information content (AvgIpc) is 2.58. The molecular formula is C19H34N4O. The lowest BCUT2D eigenvalue weighted by Gasteiger charge is -2.44. The van der Waals surface area contributed by atoms with Crippen molar-refractivity contribution in [3.8, 4) is 0 Å². The number of hydrogen-bond donors (Lipinski definition) is 1. The molecule has 0 unspecified atom stereocenters. The lowest BCUT2D eigenvalue weighted by Crippen LogP contribution is -2.53. The number of carbonyl (C=O) groups is 1. The molecule has 1 N–H and O–H groups in total. The molecule has 0 aromatic heterocycles. The summed E-state index contributed by atoms with van der Waals surface area (Å²) in [6.45, 7) is 10.1. The third-order valence-corrected chi connectivity index (χ3v) is 6.06. The number of nitrogens with zero attached hydrogens (tertiary/aromatic N) is 3. The molecule has 5 heteroatoms. The van der Waals surface area contributed by atoms with E-state index in [4.69, 9.17) is 0 Å². The third-order valence-electron chi connectivity index (χ3n) is 6.06. The molecule has 136 valence electrons. The van der Waals surface area contributed by atoms with Crippen molar-refractivity contribution in [1.29, 1.82) is 0 Å². The van der Waals surface area contributed by atoms with Crippen LogP contribution in [-0.4, -0.2) is 79.6 Å². The quantitative estimate of drug-likeness (QED) is 0.804. The Morgan fingerprint density at radius 3 is 2.46 bits per heavy atom. The number of carbonyl (C=O) groups excluding carboxylic acids is 1. The second-order valence-electron chi connectivity index (χ2n) is 8.31. The van der Waals surface area contributed by atoms with E-state index in [0.717, 1.165) is 45.2 Å². The third kappa shape index (κ3) is 4.73. The van der Waals surface area contributed by atoms with Gasteiger partial charge in [0, 0.05) is 51.9 Å². The number of amides is 2. The van der Waals surface area contributed by atoms with Crippen molar-refractivity contribution < 1.29 is 4.79 Å². The predicted octanol–water partition coefficient (Wildman–Crippen LogP) is 2.15. The highest BCUT2D eigenvalue weighted by Crippen LogP contribution is 2.32. The average molecular weight is 335 g/mol. The van der Waals surface area contributed by atoms with Crippen molar-refractivity contribution in [3.05, 3.63) is 12.2 Å². The fourth-order valence-electron chi connectivity index (χ4n) is 4.14. The van der Waals surface area contributed by atoms with E-state index in [1.807, 2.05) is 4.90 Å². The Morgan fingerprint density at radius 2 is 1.83 bits per heavy atom. The summed E-state index contributed by atoms with van der Waals surface area (Å²) in [5.41, 5.74) is 0.361. The monoisotopic (exact) mass is 334 g/mol. The molecule has 3 aliphatic rings. The Hall–Kier alpha value is -1.07. The number of nitrogens with one attached hydrogen (secondary N) is 1. The second-order valence-corrected chi connectivity index (χ2v) is 8.31. The molecule has 1 atom stereocenters. The molecule has 0 aromatic rings. The summed E-state index contributed by atoms with van der Waals surface area (Å²) in [6.07, 6.45) is 9.81. The standard InChI is InChI=1S/C19H34N4O/c1-19(16-22-14-12-21(2)13-15-22)8-10-23(11-9-19)18(24)20-17-6-4-3-5-7-17/h3-4,17H,5-16H2,1-2H3,(H,20,24)/t17-/m0/s1. The largest absolute Gasteiger partial charge is 0.335 e. The van der Waals surface area contributed by atoms with Gasteiger partial charge in [-0.15, -0.1) is 0 Å². The summed E-state index contributed by atoms with van der Waals surface area (Å²) in [6, 6.07) is 0.484. The highest BCUT2D eigenvalue weighted by Gasteiger charge is 2.34. The molecule has 0 spiro atoms. The minimum atomic E-state index is 0.150. The highest BCUT2D eigenvalue weighted by atomic mass is 16.2. The Kier molecular flexibility index (Phi) is 5.82. The first kappa shape index (κ1) is 17.7. The topological polar surface area (TPSA) is 38.8 Å². The zero-order valence-electron chi connectivity index (χ0n) is 15.5. The Bertz CT molecular complexity index is 448. The van der Waals surface area contributed by atoms with Crippen LogP contribution in [0.5, 0.6) is 0 Å². The van der Waals surface area contributed by atoms with Crippen LogP contribution in [0.15, 0.2) is 12.2 Å². The molecule has 1 aliphatic carbocycles. The summed E-state index contributed by atoms with van der Waals surface area (Å²) in [4.78, 5) is 19.5. The predicted molar refractivity (Wildman–Crippen MR) is 98.2 cm³/mol. The van der Waals surface area contributed by atoms with Crippen LogP contribution in [0.2, 0.25) is 0 Å². The molecular weight excluding hydrogens is 300 g/mol. The SMILES string of the molecule is CN1CCN(CC2(C)CCN(C(=O)N[C@H]3CC=CCC3)CC2)CC1. The lowest BCUT2D eigenvalue weighted by molar-refractivity contribution is 0.0624. The zero-order valence-corrected chi connectivity index (χ0v) is 15.5.